The lowest BCUT2D eigenvalue weighted by molar-refractivity contribution is 0.472. The molecule has 2 nitrogen and oxygen atoms in total. The van der Waals surface area contributed by atoms with Crippen LogP contribution in [0.25, 0.3) is 10.2 Å². The Balaban J connectivity index is 2.93. The van der Waals surface area contributed by atoms with Crippen LogP contribution in [0, 0.1) is 6.92 Å². The second-order valence-corrected chi connectivity index (χ2v) is 3.92. The van der Waals surface area contributed by atoms with Crippen molar-refractivity contribution in [3.63, 3.8) is 0 Å². The minimum absolute atomic E-state index is 0.0706. The number of halogens is 1. The Morgan fingerprint density at radius 3 is 2.92 bits per heavy atom. The summed E-state index contributed by atoms with van der Waals surface area (Å²) in [6, 6.07) is 3.71. The van der Waals surface area contributed by atoms with E-state index in [1.54, 1.807) is 0 Å². The number of aryl methyl sites for hydroxylation is 1. The molecule has 1 N–H and O–H groups in total. The molecule has 12 heavy (non-hydrogen) atoms. The van der Waals surface area contributed by atoms with Crippen molar-refractivity contribution in [1.29, 1.82) is 0 Å². The van der Waals surface area contributed by atoms with E-state index in [2.05, 4.69) is 4.98 Å². The maximum Gasteiger partial charge on any atom is 0.271 e. The summed E-state index contributed by atoms with van der Waals surface area (Å²) in [7, 11) is 0. The van der Waals surface area contributed by atoms with Gasteiger partial charge in [-0.25, -0.2) is 4.98 Å². The molecule has 0 aliphatic rings. The van der Waals surface area contributed by atoms with Gasteiger partial charge >= 0.3 is 0 Å². The summed E-state index contributed by atoms with van der Waals surface area (Å²) in [6.07, 6.45) is 0. The quantitative estimate of drug-likeness (QED) is 0.708. The fraction of sp³-hybridized carbons (Fsp3) is 0.125. The predicted molar refractivity (Wildman–Crippen MR) is 51.0 cm³/mol. The van der Waals surface area contributed by atoms with E-state index in [0.717, 1.165) is 15.8 Å². The van der Waals surface area contributed by atoms with E-state index in [4.69, 9.17) is 16.7 Å². The number of hydrogen-bond donors (Lipinski definition) is 1. The molecular formula is C8H6ClNOS. The molecule has 1 aromatic carbocycles. The Labute approximate surface area is 78.4 Å². The first-order valence-electron chi connectivity index (χ1n) is 3.43. The van der Waals surface area contributed by atoms with Crippen molar-refractivity contribution in [2.24, 2.45) is 0 Å². The summed E-state index contributed by atoms with van der Waals surface area (Å²) in [5.41, 5.74) is 1.83. The van der Waals surface area contributed by atoms with Gasteiger partial charge in [0.25, 0.3) is 5.19 Å². The summed E-state index contributed by atoms with van der Waals surface area (Å²) in [4.78, 5) is 3.96. The highest BCUT2D eigenvalue weighted by Crippen LogP contribution is 2.33. The van der Waals surface area contributed by atoms with Gasteiger partial charge in [0, 0.05) is 0 Å². The van der Waals surface area contributed by atoms with Crippen molar-refractivity contribution in [2.45, 2.75) is 6.92 Å². The summed E-state index contributed by atoms with van der Waals surface area (Å²) >= 11 is 7.11. The van der Waals surface area contributed by atoms with Gasteiger partial charge in [0.15, 0.2) is 0 Å². The Hall–Kier alpha value is -0.800. The van der Waals surface area contributed by atoms with Crippen molar-refractivity contribution in [2.75, 3.05) is 0 Å². The maximum absolute atomic E-state index is 9.15. The number of aromatic nitrogens is 1. The molecule has 0 radical (unpaired) electrons. The molecule has 0 unspecified atom stereocenters. The van der Waals surface area contributed by atoms with Gasteiger partial charge in [-0.15, -0.1) is 0 Å². The first-order chi connectivity index (χ1) is 5.68. The van der Waals surface area contributed by atoms with Crippen molar-refractivity contribution < 1.29 is 5.11 Å². The lowest BCUT2D eigenvalue weighted by atomic mass is 10.2. The smallest absolute Gasteiger partial charge is 0.271 e. The van der Waals surface area contributed by atoms with E-state index in [9.17, 15) is 0 Å². The molecule has 0 saturated heterocycles. The van der Waals surface area contributed by atoms with Crippen molar-refractivity contribution in [3.05, 3.63) is 22.7 Å². The molecule has 1 heterocycles. The summed E-state index contributed by atoms with van der Waals surface area (Å²) < 4.78 is 0.856. The third kappa shape index (κ3) is 1.06. The molecule has 0 amide bonds. The van der Waals surface area contributed by atoms with Gasteiger partial charge in [-0.3, -0.25) is 0 Å². The van der Waals surface area contributed by atoms with Crippen LogP contribution in [-0.4, -0.2) is 10.1 Å². The van der Waals surface area contributed by atoms with Gasteiger partial charge in [-0.2, -0.15) is 0 Å². The molecule has 0 saturated carbocycles. The summed E-state index contributed by atoms with van der Waals surface area (Å²) in [6.45, 7) is 1.94. The maximum atomic E-state index is 9.15. The fourth-order valence-corrected chi connectivity index (χ4v) is 2.15. The molecule has 0 bridgehead atoms. The molecule has 0 aliphatic carbocycles. The largest absolute Gasteiger partial charge is 0.486 e. The second-order valence-electron chi connectivity index (χ2n) is 2.54. The Kier molecular flexibility index (Phi) is 1.70. The number of thiazole rings is 1. The van der Waals surface area contributed by atoms with E-state index < -0.39 is 0 Å². The lowest BCUT2D eigenvalue weighted by Gasteiger charge is -1.94. The normalized spacial score (nSPS) is 10.8. The molecule has 0 aliphatic heterocycles. The highest BCUT2D eigenvalue weighted by Gasteiger charge is 2.07. The SMILES string of the molecule is Cc1ccc(Cl)c2sc(O)nc12. The number of fused-ring (bicyclic) bond motifs is 1. The molecule has 0 spiro atoms. The number of benzene rings is 1. The zero-order valence-electron chi connectivity index (χ0n) is 6.34. The van der Waals surface area contributed by atoms with Crippen LogP contribution >= 0.6 is 22.9 Å². The third-order valence-electron chi connectivity index (χ3n) is 1.69. The topological polar surface area (TPSA) is 33.1 Å². The van der Waals surface area contributed by atoms with Crippen LogP contribution in [0.4, 0.5) is 0 Å². The second kappa shape index (κ2) is 2.61. The van der Waals surface area contributed by atoms with E-state index in [0.29, 0.717) is 5.02 Å². The summed E-state index contributed by atoms with van der Waals surface area (Å²) in [5.74, 6) is 0. The minimum Gasteiger partial charge on any atom is -0.486 e. The first-order valence-corrected chi connectivity index (χ1v) is 4.62. The molecule has 2 aromatic rings. The van der Waals surface area contributed by atoms with Crippen molar-refractivity contribution in [3.8, 4) is 5.19 Å². The van der Waals surface area contributed by atoms with Crippen LogP contribution in [0.1, 0.15) is 5.56 Å². The number of aromatic hydroxyl groups is 1. The zero-order valence-corrected chi connectivity index (χ0v) is 7.91. The molecule has 0 fully saturated rings. The molecule has 1 aromatic heterocycles. The van der Waals surface area contributed by atoms with Crippen molar-refractivity contribution in [1.82, 2.24) is 4.98 Å². The minimum atomic E-state index is 0.0706. The van der Waals surface area contributed by atoms with E-state index in [1.807, 2.05) is 19.1 Å². The molecule has 2 rings (SSSR count). The number of rotatable bonds is 0. The van der Waals surface area contributed by atoms with Gasteiger partial charge < -0.3 is 5.11 Å². The van der Waals surface area contributed by atoms with Crippen LogP contribution in [-0.2, 0) is 0 Å². The molecule has 0 atom stereocenters. The number of nitrogens with zero attached hydrogens (tertiary/aromatic N) is 1. The number of hydrogen-bond acceptors (Lipinski definition) is 3. The van der Waals surface area contributed by atoms with Gasteiger partial charge in [0.05, 0.1) is 15.2 Å². The van der Waals surface area contributed by atoms with Gasteiger partial charge in [-0.05, 0) is 18.6 Å². The average molecular weight is 200 g/mol. The molecule has 4 heteroatoms. The van der Waals surface area contributed by atoms with Crippen LogP contribution in [0.5, 0.6) is 5.19 Å². The summed E-state index contributed by atoms with van der Waals surface area (Å²) in [5, 5.41) is 9.87. The monoisotopic (exact) mass is 199 g/mol. The van der Waals surface area contributed by atoms with Crippen LogP contribution < -0.4 is 0 Å². The molecule has 62 valence electrons. The van der Waals surface area contributed by atoms with Gasteiger partial charge in [0.1, 0.15) is 0 Å². The van der Waals surface area contributed by atoms with Crippen LogP contribution in [0.2, 0.25) is 5.02 Å². The average Bonchev–Trinajstić information content (AvgIpc) is 2.41. The van der Waals surface area contributed by atoms with Gasteiger partial charge in [-0.1, -0.05) is 29.0 Å². The lowest BCUT2D eigenvalue weighted by Crippen LogP contribution is -1.75. The first kappa shape index (κ1) is 7.83. The van der Waals surface area contributed by atoms with E-state index in [1.165, 1.54) is 11.3 Å². The highest BCUT2D eigenvalue weighted by molar-refractivity contribution is 7.20. The van der Waals surface area contributed by atoms with Crippen LogP contribution in [0.15, 0.2) is 12.1 Å². The fourth-order valence-electron chi connectivity index (χ4n) is 1.09. The van der Waals surface area contributed by atoms with Crippen LogP contribution in [0.3, 0.4) is 0 Å². The third-order valence-corrected chi connectivity index (χ3v) is 3.00. The Bertz CT molecular complexity index is 399. The Morgan fingerprint density at radius 1 is 1.50 bits per heavy atom. The standard InChI is InChI=1S/C8H6ClNOS/c1-4-2-3-5(9)7-6(4)10-8(11)12-7/h2-3H,1H3,(H,10,11). The van der Waals surface area contributed by atoms with E-state index >= 15 is 0 Å². The molecular weight excluding hydrogens is 194 g/mol. The predicted octanol–water partition coefficient (Wildman–Crippen LogP) is 2.96. The zero-order chi connectivity index (χ0) is 8.72. The van der Waals surface area contributed by atoms with Crippen molar-refractivity contribution >= 4 is 33.2 Å². The highest BCUT2D eigenvalue weighted by atomic mass is 35.5. The van der Waals surface area contributed by atoms with Gasteiger partial charge in [0.2, 0.25) is 0 Å². The van der Waals surface area contributed by atoms with E-state index in [-0.39, 0.29) is 5.19 Å². The Morgan fingerprint density at radius 2 is 2.25 bits per heavy atom.